The van der Waals surface area contributed by atoms with Crippen molar-refractivity contribution < 1.29 is 4.79 Å². The standard InChI is InChI=1S/C11H21N3O/c1-10(2,3)13-9(15)14-7-6-12-11(8-14)4-5-11/h12H,4-8H2,1-3H3,(H,13,15). The molecule has 2 aliphatic rings. The van der Waals surface area contributed by atoms with Crippen molar-refractivity contribution in [1.29, 1.82) is 0 Å². The fourth-order valence-corrected chi connectivity index (χ4v) is 2.02. The van der Waals surface area contributed by atoms with Gasteiger partial charge in [-0.2, -0.15) is 0 Å². The highest BCUT2D eigenvalue weighted by Crippen LogP contribution is 2.37. The summed E-state index contributed by atoms with van der Waals surface area (Å²) in [5.74, 6) is 0. The van der Waals surface area contributed by atoms with Crippen molar-refractivity contribution in [2.45, 2.75) is 44.7 Å². The minimum atomic E-state index is -0.140. The van der Waals surface area contributed by atoms with Gasteiger partial charge in [-0.25, -0.2) is 4.79 Å². The molecule has 1 heterocycles. The molecule has 4 heteroatoms. The Labute approximate surface area is 91.4 Å². The molecule has 86 valence electrons. The van der Waals surface area contributed by atoms with E-state index in [1.54, 1.807) is 0 Å². The zero-order valence-corrected chi connectivity index (χ0v) is 9.89. The lowest BCUT2D eigenvalue weighted by molar-refractivity contribution is 0.164. The molecule has 0 radical (unpaired) electrons. The number of amides is 2. The summed E-state index contributed by atoms with van der Waals surface area (Å²) in [6, 6.07) is 0.0790. The molecular formula is C11H21N3O. The Kier molecular flexibility index (Phi) is 2.41. The fourth-order valence-electron chi connectivity index (χ4n) is 2.02. The zero-order valence-electron chi connectivity index (χ0n) is 9.89. The maximum absolute atomic E-state index is 11.9. The van der Waals surface area contributed by atoms with E-state index in [2.05, 4.69) is 10.6 Å². The molecule has 0 aromatic heterocycles. The van der Waals surface area contributed by atoms with Gasteiger partial charge in [-0.1, -0.05) is 0 Å². The predicted octanol–water partition coefficient (Wildman–Crippen LogP) is 0.932. The van der Waals surface area contributed by atoms with Gasteiger partial charge in [0, 0.05) is 30.7 Å². The molecule has 0 bridgehead atoms. The second kappa shape index (κ2) is 3.37. The van der Waals surface area contributed by atoms with Gasteiger partial charge in [0.1, 0.15) is 0 Å². The van der Waals surface area contributed by atoms with Crippen LogP contribution in [0.1, 0.15) is 33.6 Å². The highest BCUT2D eigenvalue weighted by molar-refractivity contribution is 5.75. The van der Waals surface area contributed by atoms with E-state index in [-0.39, 0.29) is 17.1 Å². The lowest BCUT2D eigenvalue weighted by Crippen LogP contribution is -2.58. The van der Waals surface area contributed by atoms with Crippen LogP contribution < -0.4 is 10.6 Å². The molecule has 1 spiro atoms. The highest BCUT2D eigenvalue weighted by atomic mass is 16.2. The molecule has 1 saturated carbocycles. The van der Waals surface area contributed by atoms with Crippen LogP contribution in [0.2, 0.25) is 0 Å². The third-order valence-electron chi connectivity index (χ3n) is 3.00. The first-order chi connectivity index (χ1) is 6.90. The molecule has 2 fully saturated rings. The first kappa shape index (κ1) is 10.7. The van der Waals surface area contributed by atoms with Gasteiger partial charge in [-0.3, -0.25) is 0 Å². The summed E-state index contributed by atoms with van der Waals surface area (Å²) in [5.41, 5.74) is 0.131. The van der Waals surface area contributed by atoms with Crippen molar-refractivity contribution in [2.75, 3.05) is 19.6 Å². The van der Waals surface area contributed by atoms with E-state index < -0.39 is 0 Å². The quantitative estimate of drug-likeness (QED) is 0.626. The number of urea groups is 1. The smallest absolute Gasteiger partial charge is 0.317 e. The van der Waals surface area contributed by atoms with Crippen LogP contribution in [0.25, 0.3) is 0 Å². The number of carbonyl (C=O) groups excluding carboxylic acids is 1. The lowest BCUT2D eigenvalue weighted by Gasteiger charge is -2.36. The third kappa shape index (κ3) is 2.62. The van der Waals surface area contributed by atoms with Crippen LogP contribution in [0.5, 0.6) is 0 Å². The van der Waals surface area contributed by atoms with Crippen molar-refractivity contribution >= 4 is 6.03 Å². The van der Waals surface area contributed by atoms with Crippen molar-refractivity contribution in [1.82, 2.24) is 15.5 Å². The SMILES string of the molecule is CC(C)(C)NC(=O)N1CCNC2(CC2)C1. The van der Waals surface area contributed by atoms with Gasteiger partial charge in [-0.05, 0) is 33.6 Å². The molecule has 15 heavy (non-hydrogen) atoms. The summed E-state index contributed by atoms with van der Waals surface area (Å²) >= 11 is 0. The van der Waals surface area contributed by atoms with Crippen molar-refractivity contribution in [3.63, 3.8) is 0 Å². The van der Waals surface area contributed by atoms with Crippen molar-refractivity contribution in [3.8, 4) is 0 Å². The minimum absolute atomic E-state index is 0.0790. The largest absolute Gasteiger partial charge is 0.333 e. The lowest BCUT2D eigenvalue weighted by atomic mass is 10.1. The number of hydrogen-bond donors (Lipinski definition) is 2. The van der Waals surface area contributed by atoms with E-state index >= 15 is 0 Å². The molecule has 2 N–H and O–H groups in total. The summed E-state index contributed by atoms with van der Waals surface area (Å²) in [7, 11) is 0. The molecular weight excluding hydrogens is 190 g/mol. The van der Waals surface area contributed by atoms with Gasteiger partial charge in [0.25, 0.3) is 0 Å². The summed E-state index contributed by atoms with van der Waals surface area (Å²) in [6.07, 6.45) is 2.43. The fraction of sp³-hybridized carbons (Fsp3) is 0.909. The number of rotatable bonds is 0. The Morgan fingerprint density at radius 1 is 1.40 bits per heavy atom. The molecule has 0 unspecified atom stereocenters. The van der Waals surface area contributed by atoms with Gasteiger partial charge in [0.2, 0.25) is 0 Å². The molecule has 0 aromatic carbocycles. The first-order valence-electron chi connectivity index (χ1n) is 5.72. The molecule has 2 rings (SSSR count). The number of hydrogen-bond acceptors (Lipinski definition) is 2. The molecule has 0 aromatic rings. The molecule has 1 aliphatic carbocycles. The zero-order chi connectivity index (χ0) is 11.1. The van der Waals surface area contributed by atoms with Crippen LogP contribution in [-0.2, 0) is 0 Å². The molecule has 1 aliphatic heterocycles. The summed E-state index contributed by atoms with van der Waals surface area (Å²) < 4.78 is 0. The van der Waals surface area contributed by atoms with Crippen LogP contribution in [0.3, 0.4) is 0 Å². The van der Waals surface area contributed by atoms with Crippen LogP contribution in [0.15, 0.2) is 0 Å². The van der Waals surface area contributed by atoms with Gasteiger partial charge in [0.15, 0.2) is 0 Å². The molecule has 0 atom stereocenters. The monoisotopic (exact) mass is 211 g/mol. The maximum Gasteiger partial charge on any atom is 0.317 e. The van der Waals surface area contributed by atoms with Crippen molar-refractivity contribution in [2.24, 2.45) is 0 Å². The van der Waals surface area contributed by atoms with Gasteiger partial charge < -0.3 is 15.5 Å². The molecule has 4 nitrogen and oxygen atoms in total. The van der Waals surface area contributed by atoms with E-state index in [1.807, 2.05) is 25.7 Å². The second-order valence-corrected chi connectivity index (χ2v) is 5.81. The van der Waals surface area contributed by atoms with E-state index in [0.717, 1.165) is 19.6 Å². The predicted molar refractivity (Wildman–Crippen MR) is 59.8 cm³/mol. The van der Waals surface area contributed by atoms with Crippen LogP contribution >= 0.6 is 0 Å². The van der Waals surface area contributed by atoms with Crippen LogP contribution in [-0.4, -0.2) is 41.6 Å². The van der Waals surface area contributed by atoms with Crippen molar-refractivity contribution in [3.05, 3.63) is 0 Å². The van der Waals surface area contributed by atoms with Crippen LogP contribution in [0.4, 0.5) is 4.79 Å². The summed E-state index contributed by atoms with van der Waals surface area (Å²) in [5, 5.41) is 6.51. The third-order valence-corrected chi connectivity index (χ3v) is 3.00. The molecule has 1 saturated heterocycles. The Balaban J connectivity index is 1.90. The Morgan fingerprint density at radius 2 is 2.07 bits per heavy atom. The number of piperazine rings is 1. The maximum atomic E-state index is 11.9. The van der Waals surface area contributed by atoms with Crippen LogP contribution in [0, 0.1) is 0 Å². The number of nitrogens with zero attached hydrogens (tertiary/aromatic N) is 1. The topological polar surface area (TPSA) is 44.4 Å². The average molecular weight is 211 g/mol. The first-order valence-corrected chi connectivity index (χ1v) is 5.72. The van der Waals surface area contributed by atoms with E-state index in [1.165, 1.54) is 12.8 Å². The number of nitrogens with one attached hydrogen (secondary N) is 2. The van der Waals surface area contributed by atoms with E-state index in [9.17, 15) is 4.79 Å². The Morgan fingerprint density at radius 3 is 2.60 bits per heavy atom. The van der Waals surface area contributed by atoms with Gasteiger partial charge >= 0.3 is 6.03 Å². The number of carbonyl (C=O) groups is 1. The Bertz CT molecular complexity index is 265. The minimum Gasteiger partial charge on any atom is -0.333 e. The van der Waals surface area contributed by atoms with Gasteiger partial charge in [-0.15, -0.1) is 0 Å². The second-order valence-electron chi connectivity index (χ2n) is 5.81. The van der Waals surface area contributed by atoms with E-state index in [4.69, 9.17) is 0 Å². The van der Waals surface area contributed by atoms with E-state index in [0.29, 0.717) is 0 Å². The average Bonchev–Trinajstić information content (AvgIpc) is 2.82. The normalized spacial score (nSPS) is 24.1. The van der Waals surface area contributed by atoms with Gasteiger partial charge in [0.05, 0.1) is 0 Å². The summed E-state index contributed by atoms with van der Waals surface area (Å²) in [6.45, 7) is 8.66. The summed E-state index contributed by atoms with van der Waals surface area (Å²) in [4.78, 5) is 13.9. The Hall–Kier alpha value is -0.770. The highest BCUT2D eigenvalue weighted by Gasteiger charge is 2.46. The molecule has 2 amide bonds.